The molecular weight excluding hydrogens is 304 g/mol. The Morgan fingerprint density at radius 1 is 1.22 bits per heavy atom. The van der Waals surface area contributed by atoms with Gasteiger partial charge < -0.3 is 4.57 Å². The number of aromatic nitrogens is 1. The number of benzene rings is 1. The maximum atomic E-state index is 11.9. The number of carbonyl (C=O) groups excluding carboxylic acids is 1. The van der Waals surface area contributed by atoms with Gasteiger partial charge in [-0.15, -0.1) is 0 Å². The van der Waals surface area contributed by atoms with Crippen LogP contribution in [0.1, 0.15) is 34.2 Å². The summed E-state index contributed by atoms with van der Waals surface area (Å²) in [6.45, 7) is 3.60. The quantitative estimate of drug-likeness (QED) is 0.776. The second kappa shape index (κ2) is 6.64. The van der Waals surface area contributed by atoms with Crippen molar-refractivity contribution in [2.24, 2.45) is 0 Å². The Labute approximate surface area is 140 Å². The first-order valence-corrected chi connectivity index (χ1v) is 10.6. The van der Waals surface area contributed by atoms with Gasteiger partial charge in [0.15, 0.2) is 5.78 Å². The Morgan fingerprint density at radius 3 is 2.30 bits per heavy atom. The predicted octanol–water partition coefficient (Wildman–Crippen LogP) is 4.10. The molecule has 0 bridgehead atoms. The van der Waals surface area contributed by atoms with E-state index < -0.39 is 10.0 Å². The second-order valence-electron chi connectivity index (χ2n) is 6.73. The summed E-state index contributed by atoms with van der Waals surface area (Å²) in [4.78, 5) is 11.9. The van der Waals surface area contributed by atoms with E-state index in [1.54, 1.807) is 6.92 Å². The lowest BCUT2D eigenvalue weighted by molar-refractivity contribution is 0.101. The van der Waals surface area contributed by atoms with Crippen LogP contribution in [0.5, 0.6) is 0 Å². The minimum atomic E-state index is -0.597. The summed E-state index contributed by atoms with van der Waals surface area (Å²) in [5.74, 6) is 1.23. The van der Waals surface area contributed by atoms with Gasteiger partial charge in [-0.05, 0) is 75.1 Å². The Hall–Kier alpha value is -1.99. The fourth-order valence-corrected chi connectivity index (χ4v) is 3.49. The SMILES string of the molecule is CC(=O)c1cc(CCS(C)(C)C)n(-c2ccc(C#N)cc2)c1C. The van der Waals surface area contributed by atoms with Crippen molar-refractivity contribution in [2.75, 3.05) is 24.5 Å². The van der Waals surface area contributed by atoms with Gasteiger partial charge in [-0.1, -0.05) is 0 Å². The molecule has 1 aromatic carbocycles. The number of Topliss-reactive ketones (excluding diaryl/α,β-unsaturated/α-hetero) is 1. The zero-order chi connectivity index (χ0) is 17.2. The topological polar surface area (TPSA) is 45.8 Å². The number of hydrogen-bond acceptors (Lipinski definition) is 2. The Kier molecular flexibility index (Phi) is 5.01. The predicted molar refractivity (Wildman–Crippen MR) is 99.2 cm³/mol. The van der Waals surface area contributed by atoms with E-state index in [4.69, 9.17) is 5.26 Å². The van der Waals surface area contributed by atoms with Gasteiger partial charge in [0.05, 0.1) is 11.6 Å². The number of ketones is 1. The van der Waals surface area contributed by atoms with Gasteiger partial charge in [-0.2, -0.15) is 5.26 Å². The summed E-state index contributed by atoms with van der Waals surface area (Å²) in [5, 5.41) is 8.96. The van der Waals surface area contributed by atoms with Crippen molar-refractivity contribution in [3.63, 3.8) is 0 Å². The minimum Gasteiger partial charge on any atom is -0.317 e. The lowest BCUT2D eigenvalue weighted by Gasteiger charge is -2.25. The second-order valence-corrected chi connectivity index (χ2v) is 11.3. The lowest BCUT2D eigenvalue weighted by Crippen LogP contribution is -2.08. The molecule has 0 aliphatic carbocycles. The number of carbonyl (C=O) groups is 1. The van der Waals surface area contributed by atoms with Crippen molar-refractivity contribution in [1.82, 2.24) is 4.57 Å². The summed E-state index contributed by atoms with van der Waals surface area (Å²) < 4.78 is 2.16. The summed E-state index contributed by atoms with van der Waals surface area (Å²) in [7, 11) is -0.597. The van der Waals surface area contributed by atoms with Gasteiger partial charge in [0.25, 0.3) is 0 Å². The molecule has 2 rings (SSSR count). The van der Waals surface area contributed by atoms with Crippen LogP contribution in [0.2, 0.25) is 0 Å². The van der Waals surface area contributed by atoms with Crippen LogP contribution in [-0.4, -0.2) is 34.9 Å². The van der Waals surface area contributed by atoms with Crippen molar-refractivity contribution in [3.8, 4) is 11.8 Å². The maximum Gasteiger partial charge on any atom is 0.161 e. The highest BCUT2D eigenvalue weighted by molar-refractivity contribution is 8.32. The van der Waals surface area contributed by atoms with E-state index in [1.165, 1.54) is 5.69 Å². The van der Waals surface area contributed by atoms with Gasteiger partial charge in [0.2, 0.25) is 0 Å². The van der Waals surface area contributed by atoms with Gasteiger partial charge in [-0.25, -0.2) is 10.0 Å². The van der Waals surface area contributed by atoms with E-state index in [-0.39, 0.29) is 5.78 Å². The molecule has 0 N–H and O–H groups in total. The van der Waals surface area contributed by atoms with Crippen LogP contribution in [0.3, 0.4) is 0 Å². The molecule has 0 amide bonds. The van der Waals surface area contributed by atoms with Gasteiger partial charge >= 0.3 is 0 Å². The molecule has 3 nitrogen and oxygen atoms in total. The zero-order valence-corrected chi connectivity index (χ0v) is 15.3. The van der Waals surface area contributed by atoms with Crippen LogP contribution in [0, 0.1) is 18.3 Å². The average molecular weight is 328 g/mol. The van der Waals surface area contributed by atoms with Gasteiger partial charge in [-0.3, -0.25) is 4.79 Å². The third-order valence-electron chi connectivity index (χ3n) is 3.93. The normalized spacial score (nSPS) is 12.0. The van der Waals surface area contributed by atoms with Crippen molar-refractivity contribution in [1.29, 1.82) is 5.26 Å². The van der Waals surface area contributed by atoms with Crippen LogP contribution in [0.15, 0.2) is 30.3 Å². The molecule has 1 heterocycles. The van der Waals surface area contributed by atoms with E-state index in [1.807, 2.05) is 37.3 Å². The molecule has 0 saturated heterocycles. The molecular formula is C19H24N2OS. The van der Waals surface area contributed by atoms with Crippen molar-refractivity contribution in [2.45, 2.75) is 20.3 Å². The average Bonchev–Trinajstić information content (AvgIpc) is 2.81. The minimum absolute atomic E-state index is 0.0965. The summed E-state index contributed by atoms with van der Waals surface area (Å²) >= 11 is 0. The number of hydrogen-bond donors (Lipinski definition) is 0. The summed E-state index contributed by atoms with van der Waals surface area (Å²) in [5.41, 5.74) is 4.58. The van der Waals surface area contributed by atoms with Crippen LogP contribution in [0.4, 0.5) is 0 Å². The van der Waals surface area contributed by atoms with E-state index in [0.717, 1.165) is 29.1 Å². The smallest absolute Gasteiger partial charge is 0.161 e. The number of aryl methyl sites for hydroxylation is 1. The first kappa shape index (κ1) is 17.4. The molecule has 2 aromatic rings. The van der Waals surface area contributed by atoms with Gasteiger partial charge in [0, 0.05) is 22.6 Å². The van der Waals surface area contributed by atoms with Crippen LogP contribution >= 0.6 is 10.0 Å². The number of nitrogens with zero attached hydrogens (tertiary/aromatic N) is 2. The Bertz CT molecular complexity index is 758. The van der Waals surface area contributed by atoms with Gasteiger partial charge in [0.1, 0.15) is 0 Å². The molecule has 0 aliphatic heterocycles. The van der Waals surface area contributed by atoms with Crippen molar-refractivity contribution in [3.05, 3.63) is 52.8 Å². The summed E-state index contributed by atoms with van der Waals surface area (Å²) in [6, 6.07) is 11.7. The molecule has 1 aromatic heterocycles. The lowest BCUT2D eigenvalue weighted by atomic mass is 10.2. The van der Waals surface area contributed by atoms with Crippen LogP contribution < -0.4 is 0 Å². The molecule has 4 heteroatoms. The molecule has 0 saturated carbocycles. The largest absolute Gasteiger partial charge is 0.317 e. The zero-order valence-electron chi connectivity index (χ0n) is 14.5. The molecule has 0 spiro atoms. The highest BCUT2D eigenvalue weighted by atomic mass is 32.3. The number of nitriles is 1. The highest BCUT2D eigenvalue weighted by Crippen LogP contribution is 2.36. The summed E-state index contributed by atoms with van der Waals surface area (Å²) in [6.07, 6.45) is 7.87. The third-order valence-corrected chi connectivity index (χ3v) is 5.36. The maximum absolute atomic E-state index is 11.9. The van der Waals surface area contributed by atoms with E-state index in [9.17, 15) is 4.79 Å². The molecule has 0 unspecified atom stereocenters. The molecule has 0 fully saturated rings. The molecule has 0 atom stereocenters. The molecule has 23 heavy (non-hydrogen) atoms. The Balaban J connectivity index is 2.50. The molecule has 122 valence electrons. The first-order chi connectivity index (χ1) is 10.7. The molecule has 0 radical (unpaired) electrons. The van der Waals surface area contributed by atoms with E-state index in [2.05, 4.69) is 29.4 Å². The first-order valence-electron chi connectivity index (χ1n) is 7.61. The number of rotatable bonds is 5. The van der Waals surface area contributed by atoms with E-state index >= 15 is 0 Å². The fraction of sp³-hybridized carbons (Fsp3) is 0.368. The highest BCUT2D eigenvalue weighted by Gasteiger charge is 2.17. The molecule has 0 aliphatic rings. The Morgan fingerprint density at radius 2 is 1.83 bits per heavy atom. The van der Waals surface area contributed by atoms with E-state index in [0.29, 0.717) is 5.56 Å². The van der Waals surface area contributed by atoms with Crippen molar-refractivity contribution < 1.29 is 4.79 Å². The van der Waals surface area contributed by atoms with Crippen LogP contribution in [0.25, 0.3) is 5.69 Å². The van der Waals surface area contributed by atoms with Crippen molar-refractivity contribution >= 4 is 15.8 Å². The van der Waals surface area contributed by atoms with Crippen LogP contribution in [-0.2, 0) is 6.42 Å². The monoisotopic (exact) mass is 328 g/mol. The third kappa shape index (κ3) is 4.05. The standard InChI is InChI=1S/C19H24N2OS/c1-14-19(15(2)22)12-18(10-11-23(3,4)5)21(14)17-8-6-16(13-20)7-9-17/h6-9,12H,10-11H2,1-5H3. The fourth-order valence-electron chi connectivity index (χ4n) is 2.67.